The third-order valence-corrected chi connectivity index (χ3v) is 5.61. The Kier molecular flexibility index (Phi) is 4.19. The average Bonchev–Trinajstić information content (AvgIpc) is 3.46. The van der Waals surface area contributed by atoms with Crippen LogP contribution in [0.25, 0.3) is 22.4 Å². The van der Waals surface area contributed by atoms with E-state index in [4.69, 9.17) is 4.52 Å². The Morgan fingerprint density at radius 1 is 1.14 bits per heavy atom. The van der Waals surface area contributed by atoms with E-state index >= 15 is 0 Å². The minimum Gasteiger partial charge on any atom is -0.361 e. The zero-order valence-electron chi connectivity index (χ0n) is 16.4. The Balaban J connectivity index is 1.36. The number of aromatic amines is 1. The van der Waals surface area contributed by atoms with Crippen molar-refractivity contribution in [2.75, 3.05) is 11.4 Å². The summed E-state index contributed by atoms with van der Waals surface area (Å²) in [6.07, 6.45) is 2.29. The van der Waals surface area contributed by atoms with Crippen molar-refractivity contribution in [2.24, 2.45) is 0 Å². The lowest BCUT2D eigenvalue weighted by molar-refractivity contribution is -0.117. The maximum absolute atomic E-state index is 12.6. The number of aromatic nitrogens is 3. The van der Waals surface area contributed by atoms with Gasteiger partial charge in [0.15, 0.2) is 5.82 Å². The van der Waals surface area contributed by atoms with Crippen LogP contribution in [0.1, 0.15) is 43.5 Å². The van der Waals surface area contributed by atoms with E-state index in [1.54, 1.807) is 0 Å². The van der Waals surface area contributed by atoms with Crippen LogP contribution < -0.4 is 4.90 Å². The van der Waals surface area contributed by atoms with Crippen LogP contribution in [0.15, 0.2) is 59.3 Å². The van der Waals surface area contributed by atoms with Gasteiger partial charge < -0.3 is 14.4 Å². The number of H-pyrrole nitrogens is 1. The van der Waals surface area contributed by atoms with E-state index in [-0.39, 0.29) is 11.8 Å². The van der Waals surface area contributed by atoms with E-state index in [1.165, 1.54) is 5.56 Å². The molecule has 4 aromatic rings. The lowest BCUT2D eigenvalue weighted by Crippen LogP contribution is -2.24. The van der Waals surface area contributed by atoms with Crippen LogP contribution in [0.5, 0.6) is 0 Å². The number of rotatable bonds is 4. The summed E-state index contributed by atoms with van der Waals surface area (Å²) < 4.78 is 5.50. The lowest BCUT2D eigenvalue weighted by Gasteiger charge is -2.17. The van der Waals surface area contributed by atoms with Gasteiger partial charge in [0.25, 0.3) is 5.89 Å². The van der Waals surface area contributed by atoms with E-state index in [0.717, 1.165) is 22.2 Å². The fourth-order valence-electron chi connectivity index (χ4n) is 3.87. The maximum atomic E-state index is 12.6. The summed E-state index contributed by atoms with van der Waals surface area (Å²) in [5, 5.41) is 5.30. The number of hydrogen-bond acceptors (Lipinski definition) is 4. The van der Waals surface area contributed by atoms with Crippen molar-refractivity contribution >= 4 is 22.5 Å². The van der Waals surface area contributed by atoms with Gasteiger partial charge in [0, 0.05) is 41.8 Å². The van der Waals surface area contributed by atoms with Gasteiger partial charge in [-0.2, -0.15) is 4.98 Å². The minimum absolute atomic E-state index is 0.0704. The quantitative estimate of drug-likeness (QED) is 0.543. The Bertz CT molecular complexity index is 1170. The molecule has 1 N–H and O–H groups in total. The molecule has 3 heterocycles. The molecule has 0 bridgehead atoms. The van der Waals surface area contributed by atoms with Gasteiger partial charge in [-0.1, -0.05) is 37.2 Å². The summed E-state index contributed by atoms with van der Waals surface area (Å²) in [6.45, 7) is 4.88. The molecule has 1 unspecified atom stereocenters. The lowest BCUT2D eigenvalue weighted by atomic mass is 10.0. The van der Waals surface area contributed by atoms with Crippen molar-refractivity contribution in [3.05, 3.63) is 66.1 Å². The molecule has 146 valence electrons. The first-order chi connectivity index (χ1) is 14.1. The Morgan fingerprint density at radius 2 is 1.97 bits per heavy atom. The first kappa shape index (κ1) is 17.7. The second kappa shape index (κ2) is 6.88. The van der Waals surface area contributed by atoms with Crippen LogP contribution in [-0.4, -0.2) is 27.6 Å². The molecule has 1 amide bonds. The third kappa shape index (κ3) is 3.20. The highest BCUT2D eigenvalue weighted by Gasteiger charge is 2.34. The fraction of sp³-hybridized carbons (Fsp3) is 0.261. The molecule has 1 aliphatic heterocycles. The number of nitrogens with one attached hydrogen (secondary N) is 1. The van der Waals surface area contributed by atoms with Crippen LogP contribution in [0.4, 0.5) is 5.69 Å². The normalized spacial score (nSPS) is 17.0. The molecule has 6 nitrogen and oxygen atoms in total. The molecule has 0 aliphatic carbocycles. The van der Waals surface area contributed by atoms with Gasteiger partial charge in [-0.05, 0) is 47.2 Å². The molecule has 0 radical (unpaired) electrons. The molecule has 0 spiro atoms. The van der Waals surface area contributed by atoms with Crippen molar-refractivity contribution in [1.82, 2.24) is 15.1 Å². The predicted molar refractivity (Wildman–Crippen MR) is 112 cm³/mol. The number of carbonyl (C=O) groups is 1. The monoisotopic (exact) mass is 386 g/mol. The smallest absolute Gasteiger partial charge is 0.258 e. The number of fused-ring (bicyclic) bond motifs is 1. The molecule has 2 aromatic heterocycles. The number of nitrogens with zero attached hydrogens (tertiary/aromatic N) is 3. The summed E-state index contributed by atoms with van der Waals surface area (Å²) >= 11 is 0. The van der Waals surface area contributed by atoms with Crippen LogP contribution in [0.2, 0.25) is 0 Å². The Hall–Kier alpha value is -3.41. The van der Waals surface area contributed by atoms with Crippen LogP contribution in [0, 0.1) is 0 Å². The van der Waals surface area contributed by atoms with Crippen molar-refractivity contribution in [3.63, 3.8) is 0 Å². The van der Waals surface area contributed by atoms with Crippen LogP contribution in [-0.2, 0) is 4.79 Å². The Labute approximate surface area is 168 Å². The van der Waals surface area contributed by atoms with Crippen molar-refractivity contribution in [3.8, 4) is 11.5 Å². The average molecular weight is 386 g/mol. The number of anilines is 1. The van der Waals surface area contributed by atoms with E-state index in [2.05, 4.69) is 41.1 Å². The predicted octanol–water partition coefficient (Wildman–Crippen LogP) is 4.86. The largest absolute Gasteiger partial charge is 0.361 e. The highest BCUT2D eigenvalue weighted by atomic mass is 16.5. The first-order valence-corrected chi connectivity index (χ1v) is 9.90. The van der Waals surface area contributed by atoms with Gasteiger partial charge in [0.1, 0.15) is 0 Å². The molecular formula is C23H22N4O2. The summed E-state index contributed by atoms with van der Waals surface area (Å²) in [7, 11) is 0. The summed E-state index contributed by atoms with van der Waals surface area (Å²) in [4.78, 5) is 22.2. The number of benzene rings is 2. The van der Waals surface area contributed by atoms with Gasteiger partial charge in [-0.25, -0.2) is 0 Å². The molecule has 29 heavy (non-hydrogen) atoms. The fourth-order valence-corrected chi connectivity index (χ4v) is 3.87. The number of carbonyl (C=O) groups excluding carboxylic acids is 1. The van der Waals surface area contributed by atoms with Crippen molar-refractivity contribution in [1.29, 1.82) is 0 Å². The van der Waals surface area contributed by atoms with Gasteiger partial charge in [0.05, 0.1) is 0 Å². The second-order valence-electron chi connectivity index (χ2n) is 7.89. The van der Waals surface area contributed by atoms with E-state index in [9.17, 15) is 4.79 Å². The molecule has 1 fully saturated rings. The van der Waals surface area contributed by atoms with E-state index in [0.29, 0.717) is 30.6 Å². The SMILES string of the molecule is CC(C)c1ccc(N2CC(c3noc(-c4ccc5cc[nH]c5c4)n3)CC2=O)cc1. The number of amides is 1. The third-order valence-electron chi connectivity index (χ3n) is 5.61. The zero-order valence-corrected chi connectivity index (χ0v) is 16.4. The molecule has 5 rings (SSSR count). The van der Waals surface area contributed by atoms with Crippen LogP contribution in [0.3, 0.4) is 0 Å². The van der Waals surface area contributed by atoms with Crippen molar-refractivity contribution in [2.45, 2.75) is 32.1 Å². The van der Waals surface area contributed by atoms with Gasteiger partial charge >= 0.3 is 0 Å². The van der Waals surface area contributed by atoms with E-state index < -0.39 is 0 Å². The van der Waals surface area contributed by atoms with Crippen LogP contribution >= 0.6 is 0 Å². The molecule has 1 atom stereocenters. The number of hydrogen-bond donors (Lipinski definition) is 1. The van der Waals surface area contributed by atoms with Gasteiger partial charge in [-0.15, -0.1) is 0 Å². The Morgan fingerprint density at radius 3 is 2.76 bits per heavy atom. The molecule has 1 aliphatic rings. The van der Waals surface area contributed by atoms with Crippen molar-refractivity contribution < 1.29 is 9.32 Å². The van der Waals surface area contributed by atoms with Gasteiger partial charge in [0.2, 0.25) is 5.91 Å². The highest BCUT2D eigenvalue weighted by molar-refractivity contribution is 5.96. The standard InChI is InChI=1S/C23H22N4O2/c1-14(2)15-5-7-19(8-6-15)27-13-18(12-21(27)28)22-25-23(29-26-22)17-4-3-16-9-10-24-20(16)11-17/h3-11,14,18,24H,12-13H2,1-2H3. The summed E-state index contributed by atoms with van der Waals surface area (Å²) in [6, 6.07) is 16.2. The molecule has 0 saturated carbocycles. The zero-order chi connectivity index (χ0) is 20.0. The molecule has 6 heteroatoms. The van der Waals surface area contributed by atoms with Gasteiger partial charge in [-0.3, -0.25) is 4.79 Å². The van der Waals surface area contributed by atoms with E-state index in [1.807, 2.05) is 47.5 Å². The highest BCUT2D eigenvalue weighted by Crippen LogP contribution is 2.32. The summed E-state index contributed by atoms with van der Waals surface area (Å²) in [5.41, 5.74) is 4.07. The minimum atomic E-state index is -0.0704. The second-order valence-corrected chi connectivity index (χ2v) is 7.89. The summed E-state index contributed by atoms with van der Waals surface area (Å²) in [5.74, 6) is 1.55. The molecule has 2 aromatic carbocycles. The molecular weight excluding hydrogens is 364 g/mol. The maximum Gasteiger partial charge on any atom is 0.258 e. The molecule has 1 saturated heterocycles. The first-order valence-electron chi connectivity index (χ1n) is 9.90. The topological polar surface area (TPSA) is 75.0 Å².